The number of halogens is 1. The van der Waals surface area contributed by atoms with Crippen LogP contribution in [0.3, 0.4) is 0 Å². The highest BCUT2D eigenvalue weighted by molar-refractivity contribution is 6.51. The Labute approximate surface area is 217 Å². The highest BCUT2D eigenvalue weighted by atomic mass is 19.1. The minimum absolute atomic E-state index is 0.0265. The van der Waals surface area contributed by atoms with Crippen molar-refractivity contribution in [2.24, 2.45) is 0 Å². The molecule has 1 fully saturated rings. The number of nitrogens with zero attached hydrogens (tertiary/aromatic N) is 3. The summed E-state index contributed by atoms with van der Waals surface area (Å²) >= 11 is 0. The molecule has 1 N–H and O–H groups in total. The van der Waals surface area contributed by atoms with Gasteiger partial charge < -0.3 is 14.9 Å². The van der Waals surface area contributed by atoms with Gasteiger partial charge in [-0.25, -0.2) is 4.39 Å². The average molecular weight is 502 g/mol. The molecule has 0 saturated carbocycles. The lowest BCUT2D eigenvalue weighted by Crippen LogP contribution is -2.29. The van der Waals surface area contributed by atoms with Gasteiger partial charge in [0.15, 0.2) is 0 Å². The van der Waals surface area contributed by atoms with Crippen molar-refractivity contribution in [1.29, 1.82) is 0 Å². The molecular weight excluding hydrogens is 469 g/mol. The van der Waals surface area contributed by atoms with Crippen molar-refractivity contribution < 1.29 is 19.1 Å². The predicted molar refractivity (Wildman–Crippen MR) is 147 cm³/mol. The molecule has 4 rings (SSSR count). The Balaban J connectivity index is 1.88. The van der Waals surface area contributed by atoms with E-state index >= 15 is 0 Å². The van der Waals surface area contributed by atoms with Crippen molar-refractivity contribution >= 4 is 34.5 Å². The number of Topliss-reactive ketones (excluding diaryl/α,β-unsaturated/α-hetero) is 1. The third-order valence-corrected chi connectivity index (χ3v) is 6.86. The third-order valence-electron chi connectivity index (χ3n) is 6.86. The molecule has 3 aromatic rings. The van der Waals surface area contributed by atoms with E-state index in [0.717, 1.165) is 24.5 Å². The van der Waals surface area contributed by atoms with E-state index < -0.39 is 23.5 Å². The van der Waals surface area contributed by atoms with Crippen molar-refractivity contribution in [3.8, 4) is 0 Å². The molecule has 1 amide bonds. The highest BCUT2D eigenvalue weighted by Crippen LogP contribution is 2.43. The van der Waals surface area contributed by atoms with Crippen LogP contribution in [-0.2, 0) is 9.59 Å². The van der Waals surface area contributed by atoms with E-state index in [2.05, 4.69) is 18.7 Å². The van der Waals surface area contributed by atoms with Gasteiger partial charge in [-0.1, -0.05) is 12.1 Å². The summed E-state index contributed by atoms with van der Waals surface area (Å²) in [6.45, 7) is 7.42. The number of aryl methyl sites for hydroxylation is 1. The molecule has 0 bridgehead atoms. The van der Waals surface area contributed by atoms with Gasteiger partial charge in [-0.2, -0.15) is 0 Å². The van der Waals surface area contributed by atoms with Gasteiger partial charge in [-0.05, 0) is 86.5 Å². The number of benzene rings is 3. The molecule has 1 aliphatic rings. The first kappa shape index (κ1) is 25.9. The normalized spacial score (nSPS) is 16.8. The van der Waals surface area contributed by atoms with Crippen molar-refractivity contribution in [3.63, 3.8) is 0 Å². The summed E-state index contributed by atoms with van der Waals surface area (Å²) in [6, 6.07) is 18.3. The van der Waals surface area contributed by atoms with Crippen LogP contribution in [0, 0.1) is 12.7 Å². The molecular formula is C30H32FN3O3. The molecule has 3 aromatic carbocycles. The molecule has 192 valence electrons. The van der Waals surface area contributed by atoms with Gasteiger partial charge in [-0.3, -0.25) is 14.5 Å². The second-order valence-corrected chi connectivity index (χ2v) is 9.31. The number of hydrogen-bond donors (Lipinski definition) is 1. The largest absolute Gasteiger partial charge is 0.507 e. The number of amides is 1. The van der Waals surface area contributed by atoms with E-state index in [9.17, 15) is 19.1 Å². The molecule has 0 spiro atoms. The van der Waals surface area contributed by atoms with Crippen LogP contribution in [0.4, 0.5) is 21.5 Å². The summed E-state index contributed by atoms with van der Waals surface area (Å²) in [5.74, 6) is -2.25. The number of carbonyl (C=O) groups excluding carboxylic acids is 2. The number of aliphatic hydroxyl groups is 1. The molecule has 1 unspecified atom stereocenters. The molecule has 1 heterocycles. The first-order valence-electron chi connectivity index (χ1n) is 12.4. The van der Waals surface area contributed by atoms with Gasteiger partial charge in [0.25, 0.3) is 11.7 Å². The summed E-state index contributed by atoms with van der Waals surface area (Å²) in [6.07, 6.45) is 0. The Morgan fingerprint density at radius 2 is 1.51 bits per heavy atom. The molecule has 0 aliphatic carbocycles. The maximum atomic E-state index is 13.9. The van der Waals surface area contributed by atoms with Crippen LogP contribution in [0.1, 0.15) is 36.6 Å². The molecule has 7 heteroatoms. The molecule has 0 aromatic heterocycles. The second-order valence-electron chi connectivity index (χ2n) is 9.31. The maximum absolute atomic E-state index is 13.9. The van der Waals surface area contributed by atoms with Crippen LogP contribution < -0.4 is 14.7 Å². The number of carbonyl (C=O) groups is 2. The molecule has 6 nitrogen and oxygen atoms in total. The number of ketones is 1. The van der Waals surface area contributed by atoms with E-state index in [-0.39, 0.29) is 16.9 Å². The summed E-state index contributed by atoms with van der Waals surface area (Å²) in [7, 11) is 3.85. The van der Waals surface area contributed by atoms with E-state index in [0.29, 0.717) is 16.8 Å². The minimum Gasteiger partial charge on any atom is -0.507 e. The van der Waals surface area contributed by atoms with Crippen LogP contribution in [0.5, 0.6) is 0 Å². The lowest BCUT2D eigenvalue weighted by atomic mass is 9.94. The van der Waals surface area contributed by atoms with Crippen molar-refractivity contribution in [1.82, 2.24) is 0 Å². The fourth-order valence-electron chi connectivity index (χ4n) is 4.73. The van der Waals surface area contributed by atoms with Crippen LogP contribution in [0.15, 0.2) is 72.3 Å². The third kappa shape index (κ3) is 4.81. The van der Waals surface area contributed by atoms with Crippen molar-refractivity contribution in [2.75, 3.05) is 41.9 Å². The second kappa shape index (κ2) is 10.5. The fraction of sp³-hybridized carbons (Fsp3) is 0.267. The summed E-state index contributed by atoms with van der Waals surface area (Å²) in [4.78, 5) is 32.4. The number of hydrogen-bond acceptors (Lipinski definition) is 5. The lowest BCUT2D eigenvalue weighted by molar-refractivity contribution is -0.132. The number of aliphatic hydroxyl groups excluding tert-OH is 1. The fourth-order valence-corrected chi connectivity index (χ4v) is 4.73. The van der Waals surface area contributed by atoms with Gasteiger partial charge in [-0.15, -0.1) is 0 Å². The summed E-state index contributed by atoms with van der Waals surface area (Å²) in [5, 5.41) is 11.3. The van der Waals surface area contributed by atoms with Gasteiger partial charge in [0.1, 0.15) is 11.6 Å². The molecule has 1 atom stereocenters. The Morgan fingerprint density at radius 3 is 2.05 bits per heavy atom. The quantitative estimate of drug-likeness (QED) is 0.257. The smallest absolute Gasteiger partial charge is 0.300 e. The highest BCUT2D eigenvalue weighted by Gasteiger charge is 2.47. The molecule has 0 radical (unpaired) electrons. The summed E-state index contributed by atoms with van der Waals surface area (Å²) < 4.78 is 13.9. The molecule has 37 heavy (non-hydrogen) atoms. The standard InChI is InChI=1S/C30H32FN3O3/c1-6-33(7-2)23-13-15-24(16-14-23)34-27(20-8-11-22(12-9-20)32(4)5)26(29(36)30(34)37)28(35)21-10-17-25(31)19(3)18-21/h8-18,27,35H,6-7H2,1-5H3/b28-26-. The SMILES string of the molecule is CCN(CC)c1ccc(N2C(=O)C(=O)/C(=C(\O)c3ccc(F)c(C)c3)C2c2ccc(N(C)C)cc2)cc1. The minimum atomic E-state index is -0.846. The Kier molecular flexibility index (Phi) is 7.34. The Bertz CT molecular complexity index is 1340. The first-order valence-corrected chi connectivity index (χ1v) is 12.4. The van der Waals surface area contributed by atoms with Crippen LogP contribution in [0.2, 0.25) is 0 Å². The zero-order chi connectivity index (χ0) is 26.9. The van der Waals surface area contributed by atoms with Gasteiger partial charge >= 0.3 is 0 Å². The molecule has 1 saturated heterocycles. The maximum Gasteiger partial charge on any atom is 0.300 e. The van der Waals surface area contributed by atoms with Crippen LogP contribution >= 0.6 is 0 Å². The number of anilines is 3. The topological polar surface area (TPSA) is 64.1 Å². The van der Waals surface area contributed by atoms with Crippen LogP contribution in [-0.4, -0.2) is 44.0 Å². The summed E-state index contributed by atoms with van der Waals surface area (Å²) in [5.41, 5.74) is 3.78. The Morgan fingerprint density at radius 1 is 0.919 bits per heavy atom. The van der Waals surface area contributed by atoms with E-state index in [4.69, 9.17) is 0 Å². The van der Waals surface area contributed by atoms with Crippen LogP contribution in [0.25, 0.3) is 5.76 Å². The zero-order valence-electron chi connectivity index (χ0n) is 21.8. The van der Waals surface area contributed by atoms with Crippen molar-refractivity contribution in [2.45, 2.75) is 26.8 Å². The van der Waals surface area contributed by atoms with Gasteiger partial charge in [0, 0.05) is 49.8 Å². The zero-order valence-corrected chi connectivity index (χ0v) is 21.8. The monoisotopic (exact) mass is 501 g/mol. The van der Waals surface area contributed by atoms with E-state index in [1.54, 1.807) is 6.92 Å². The first-order chi connectivity index (χ1) is 17.7. The van der Waals surface area contributed by atoms with Gasteiger partial charge in [0.05, 0.1) is 11.6 Å². The van der Waals surface area contributed by atoms with Crippen molar-refractivity contribution in [3.05, 3.63) is 94.8 Å². The molecule has 1 aliphatic heterocycles. The lowest BCUT2D eigenvalue weighted by Gasteiger charge is -2.27. The van der Waals surface area contributed by atoms with Gasteiger partial charge in [0.2, 0.25) is 0 Å². The van der Waals surface area contributed by atoms with E-state index in [1.165, 1.54) is 23.1 Å². The average Bonchev–Trinajstić information content (AvgIpc) is 3.16. The Hall–Kier alpha value is -4.13. The number of rotatable bonds is 7. The predicted octanol–water partition coefficient (Wildman–Crippen LogP) is 5.67. The van der Waals surface area contributed by atoms with E-state index in [1.807, 2.05) is 67.5 Å².